The van der Waals surface area contributed by atoms with Gasteiger partial charge in [0.05, 0.1) is 5.56 Å². The summed E-state index contributed by atoms with van der Waals surface area (Å²) in [5.41, 5.74) is 8.83. The smallest absolute Gasteiger partial charge is 0.415 e. The molecule has 0 unspecified atom stereocenters. The van der Waals surface area contributed by atoms with E-state index in [9.17, 15) is 0 Å². The van der Waals surface area contributed by atoms with Crippen molar-refractivity contribution in [2.75, 3.05) is 7.11 Å². The number of benzene rings is 5. The van der Waals surface area contributed by atoms with Crippen LogP contribution in [0.4, 0.5) is 0 Å². The van der Waals surface area contributed by atoms with Crippen molar-refractivity contribution < 1.29 is 4.28 Å². The Bertz CT molecular complexity index is 1440. The lowest BCUT2D eigenvalue weighted by molar-refractivity contribution is 0.173. The molecule has 1 nitrogen and oxygen atoms in total. The minimum Gasteiger partial charge on any atom is -0.810 e. The molecule has 0 radical (unpaired) electrons. The van der Waals surface area contributed by atoms with Crippen LogP contribution in [-0.2, 0) is 4.28 Å². The standard InChI is InChI=1S/C33H27BO/c1-35-31-25-15-14-24-30(31)32(26-16-6-2-7-17-26)33(27-18-8-3-9-19-27)34(35,28-20-10-4-11-21-28)29-22-12-5-13-23-29/h2-25H,1H3. The summed E-state index contributed by atoms with van der Waals surface area (Å²) in [7, 11) is 2.18. The maximum Gasteiger partial charge on any atom is 0.415 e. The van der Waals surface area contributed by atoms with Crippen LogP contribution in [-0.4, -0.2) is 13.5 Å². The number of fused-ring (bicyclic) bond motifs is 1. The molecule has 0 saturated carbocycles. The van der Waals surface area contributed by atoms with Gasteiger partial charge in [-0.1, -0.05) is 144 Å². The first-order valence-corrected chi connectivity index (χ1v) is 12.2. The van der Waals surface area contributed by atoms with Crippen molar-refractivity contribution in [1.29, 1.82) is 0 Å². The van der Waals surface area contributed by atoms with Crippen LogP contribution >= 0.6 is 0 Å². The highest BCUT2D eigenvalue weighted by Crippen LogP contribution is 2.51. The van der Waals surface area contributed by atoms with Crippen LogP contribution in [0.15, 0.2) is 146 Å². The lowest BCUT2D eigenvalue weighted by Crippen LogP contribution is -2.66. The lowest BCUT2D eigenvalue weighted by atomic mass is 9.25. The summed E-state index contributed by atoms with van der Waals surface area (Å²) in [4.78, 5) is 0. The van der Waals surface area contributed by atoms with Gasteiger partial charge >= 0.3 is 6.35 Å². The predicted molar refractivity (Wildman–Crippen MR) is 150 cm³/mol. The minimum atomic E-state index is -1.58. The van der Waals surface area contributed by atoms with Crippen LogP contribution in [0.3, 0.4) is 0 Å². The first-order chi connectivity index (χ1) is 17.3. The maximum absolute atomic E-state index is 3.66. The Kier molecular flexibility index (Phi) is 5.35. The van der Waals surface area contributed by atoms with Crippen molar-refractivity contribution in [1.82, 2.24) is 0 Å². The van der Waals surface area contributed by atoms with Gasteiger partial charge in [-0.2, -0.15) is 0 Å². The summed E-state index contributed by atoms with van der Waals surface area (Å²) in [5, 5.41) is 0. The monoisotopic (exact) mass is 450 g/mol. The largest absolute Gasteiger partial charge is 0.810 e. The molecule has 5 aromatic carbocycles. The topological polar surface area (TPSA) is 2.70 Å². The van der Waals surface area contributed by atoms with E-state index in [1.807, 2.05) is 0 Å². The summed E-state index contributed by atoms with van der Waals surface area (Å²) in [6.07, 6.45) is -1.58. The fourth-order valence-electron chi connectivity index (χ4n) is 5.96. The normalized spacial score (nSPS) is 14.5. The molecule has 168 valence electrons. The molecule has 1 aliphatic rings. The second kappa shape index (κ2) is 8.81. The van der Waals surface area contributed by atoms with Gasteiger partial charge < -0.3 is 4.28 Å². The second-order valence-electron chi connectivity index (χ2n) is 9.18. The molecule has 0 amide bonds. The van der Waals surface area contributed by atoms with Gasteiger partial charge in [0.15, 0.2) is 0 Å². The zero-order valence-corrected chi connectivity index (χ0v) is 19.8. The van der Waals surface area contributed by atoms with Gasteiger partial charge in [0, 0.05) is 6.07 Å². The molecule has 0 aliphatic carbocycles. The molecule has 0 bridgehead atoms. The molecular formula is C33H27BO. The SMILES string of the molecule is C[O+]1c2ccccc2C(c2ccccc2)=C(c2ccccc2)[B-]1(c1ccccc1)c1ccccc1. The highest BCUT2D eigenvalue weighted by atomic mass is 16.6. The Hall–Kier alpha value is -4.30. The molecule has 6 rings (SSSR count). The van der Waals surface area contributed by atoms with Crippen molar-refractivity contribution >= 4 is 28.3 Å². The Morgan fingerprint density at radius 1 is 0.457 bits per heavy atom. The van der Waals surface area contributed by atoms with Crippen LogP contribution in [0, 0.1) is 0 Å². The number of rotatable bonds is 4. The summed E-state index contributed by atoms with van der Waals surface area (Å²) >= 11 is 0. The lowest BCUT2D eigenvalue weighted by Gasteiger charge is -2.55. The molecule has 35 heavy (non-hydrogen) atoms. The average molecular weight is 450 g/mol. The molecule has 2 heteroatoms. The van der Waals surface area contributed by atoms with Gasteiger partial charge in [0.2, 0.25) is 5.75 Å². The average Bonchev–Trinajstić information content (AvgIpc) is 2.95. The van der Waals surface area contributed by atoms with Gasteiger partial charge in [0.1, 0.15) is 7.11 Å². The fraction of sp³-hybridized carbons (Fsp3) is 0.0303. The van der Waals surface area contributed by atoms with Crippen molar-refractivity contribution in [3.8, 4) is 5.75 Å². The van der Waals surface area contributed by atoms with Gasteiger partial charge in [-0.05, 0) is 17.2 Å². The van der Waals surface area contributed by atoms with E-state index in [1.54, 1.807) is 0 Å². The first kappa shape index (κ1) is 21.3. The zero-order valence-electron chi connectivity index (χ0n) is 19.8. The second-order valence-corrected chi connectivity index (χ2v) is 9.18. The van der Waals surface area contributed by atoms with Gasteiger partial charge in [0.25, 0.3) is 0 Å². The Morgan fingerprint density at radius 3 is 1.43 bits per heavy atom. The van der Waals surface area contributed by atoms with Crippen LogP contribution in [0.5, 0.6) is 5.75 Å². The molecule has 1 aliphatic heterocycles. The van der Waals surface area contributed by atoms with E-state index in [1.165, 1.54) is 44.4 Å². The van der Waals surface area contributed by atoms with E-state index in [0.29, 0.717) is 0 Å². The molecule has 0 saturated heterocycles. The van der Waals surface area contributed by atoms with Crippen LogP contribution in [0.2, 0.25) is 0 Å². The molecule has 5 aromatic rings. The molecule has 0 N–H and O–H groups in total. The van der Waals surface area contributed by atoms with Gasteiger partial charge in [-0.15, -0.1) is 10.9 Å². The summed E-state index contributed by atoms with van der Waals surface area (Å²) in [6.45, 7) is 0. The predicted octanol–water partition coefficient (Wildman–Crippen LogP) is 6.85. The van der Waals surface area contributed by atoms with E-state index in [2.05, 4.69) is 157 Å². The van der Waals surface area contributed by atoms with Crippen LogP contribution in [0.25, 0.3) is 11.0 Å². The highest BCUT2D eigenvalue weighted by molar-refractivity contribution is 7.12. The summed E-state index contributed by atoms with van der Waals surface area (Å²) in [5.74, 6) is 1.17. The van der Waals surface area contributed by atoms with Crippen molar-refractivity contribution in [2.45, 2.75) is 0 Å². The maximum atomic E-state index is 3.66. The molecule has 1 heterocycles. The van der Waals surface area contributed by atoms with Crippen molar-refractivity contribution in [3.63, 3.8) is 0 Å². The van der Waals surface area contributed by atoms with E-state index in [4.69, 9.17) is 0 Å². The van der Waals surface area contributed by atoms with E-state index >= 15 is 0 Å². The third kappa shape index (κ3) is 3.33. The summed E-state index contributed by atoms with van der Waals surface area (Å²) < 4.78 is 3.66. The quantitative estimate of drug-likeness (QED) is 0.208. The Balaban J connectivity index is 1.86. The van der Waals surface area contributed by atoms with Crippen molar-refractivity contribution in [2.24, 2.45) is 0 Å². The van der Waals surface area contributed by atoms with Crippen LogP contribution in [0.1, 0.15) is 16.7 Å². The number of hydrogen-bond donors (Lipinski definition) is 0. The third-order valence-electron chi connectivity index (χ3n) is 7.39. The van der Waals surface area contributed by atoms with Crippen molar-refractivity contribution in [3.05, 3.63) is 162 Å². The van der Waals surface area contributed by atoms with E-state index in [0.717, 1.165) is 0 Å². The Labute approximate surface area is 207 Å². The fourth-order valence-corrected chi connectivity index (χ4v) is 5.96. The molecular weight excluding hydrogens is 423 g/mol. The number of para-hydroxylation sites is 1. The number of hydrogen-bond acceptors (Lipinski definition) is 0. The van der Waals surface area contributed by atoms with Crippen LogP contribution < -0.4 is 10.9 Å². The Morgan fingerprint density at radius 2 is 0.886 bits per heavy atom. The van der Waals surface area contributed by atoms with Gasteiger partial charge in [-0.25, -0.2) is 0 Å². The van der Waals surface area contributed by atoms with E-state index < -0.39 is 6.35 Å². The first-order valence-electron chi connectivity index (χ1n) is 12.2. The van der Waals surface area contributed by atoms with Gasteiger partial charge in [-0.3, -0.25) is 0 Å². The molecule has 0 spiro atoms. The summed E-state index contributed by atoms with van der Waals surface area (Å²) in [6, 6.07) is 52.4. The molecule has 0 atom stereocenters. The van der Waals surface area contributed by atoms with E-state index in [-0.39, 0.29) is 0 Å². The highest BCUT2D eigenvalue weighted by Gasteiger charge is 2.51. The minimum absolute atomic E-state index is 1.17. The third-order valence-corrected chi connectivity index (χ3v) is 7.39. The molecule has 0 fully saturated rings. The molecule has 0 aromatic heterocycles. The zero-order chi connectivity index (χ0) is 23.7.